The molecule has 1 saturated heterocycles. The Hall–Kier alpha value is -2.36. The van der Waals surface area contributed by atoms with Crippen LogP contribution in [0, 0.1) is 5.82 Å². The number of hydrogen-bond acceptors (Lipinski definition) is 3. The summed E-state index contributed by atoms with van der Waals surface area (Å²) in [6.45, 7) is 3.69. The molecular formula is C21H26FIN6. The van der Waals surface area contributed by atoms with Crippen LogP contribution < -0.4 is 10.2 Å². The Morgan fingerprint density at radius 3 is 2.45 bits per heavy atom. The largest absolute Gasteiger partial charge is 0.366 e. The Labute approximate surface area is 187 Å². The first-order chi connectivity index (χ1) is 13.7. The number of nitrogens with zero attached hydrogens (tertiary/aromatic N) is 5. The lowest BCUT2D eigenvalue weighted by Crippen LogP contribution is -2.52. The van der Waals surface area contributed by atoms with Gasteiger partial charge >= 0.3 is 0 Å². The van der Waals surface area contributed by atoms with Crippen LogP contribution in [0.25, 0.3) is 11.0 Å². The fraction of sp³-hybridized carbons (Fsp3) is 0.333. The number of anilines is 1. The van der Waals surface area contributed by atoms with Crippen molar-refractivity contribution >= 4 is 46.7 Å². The number of aliphatic imine (C=N–C) groups is 1. The average molecular weight is 508 g/mol. The maximum atomic E-state index is 14.0. The van der Waals surface area contributed by atoms with Crippen LogP contribution in [0.5, 0.6) is 0 Å². The molecule has 2 aromatic carbocycles. The smallest absolute Gasteiger partial charge is 0.194 e. The van der Waals surface area contributed by atoms with E-state index in [4.69, 9.17) is 4.98 Å². The van der Waals surface area contributed by atoms with E-state index in [2.05, 4.69) is 30.7 Å². The van der Waals surface area contributed by atoms with Crippen molar-refractivity contribution in [2.75, 3.05) is 38.1 Å². The highest BCUT2D eigenvalue weighted by molar-refractivity contribution is 14.0. The number of imidazole rings is 1. The Kier molecular flexibility index (Phi) is 6.94. The molecule has 0 radical (unpaired) electrons. The van der Waals surface area contributed by atoms with Gasteiger partial charge in [0.2, 0.25) is 0 Å². The number of guanidine groups is 1. The lowest BCUT2D eigenvalue weighted by molar-refractivity contribution is 0.370. The van der Waals surface area contributed by atoms with Gasteiger partial charge in [-0.25, -0.2) is 9.37 Å². The highest BCUT2D eigenvalue weighted by Gasteiger charge is 2.21. The van der Waals surface area contributed by atoms with Crippen molar-refractivity contribution in [1.82, 2.24) is 19.8 Å². The number of hydrogen-bond donors (Lipinski definition) is 1. The Morgan fingerprint density at radius 2 is 1.76 bits per heavy atom. The number of aryl methyl sites for hydroxylation is 1. The Bertz CT molecular complexity index is 994. The molecule has 1 aliphatic heterocycles. The fourth-order valence-electron chi connectivity index (χ4n) is 3.71. The first kappa shape index (κ1) is 21.4. The van der Waals surface area contributed by atoms with Gasteiger partial charge in [0.1, 0.15) is 11.6 Å². The van der Waals surface area contributed by atoms with E-state index < -0.39 is 0 Å². The number of benzene rings is 2. The topological polar surface area (TPSA) is 48.7 Å². The first-order valence-corrected chi connectivity index (χ1v) is 9.53. The zero-order chi connectivity index (χ0) is 19.5. The Balaban J connectivity index is 0.00000240. The highest BCUT2D eigenvalue weighted by Crippen LogP contribution is 2.20. The van der Waals surface area contributed by atoms with Gasteiger partial charge in [-0.2, -0.15) is 0 Å². The molecular weight excluding hydrogens is 482 g/mol. The van der Waals surface area contributed by atoms with Crippen molar-refractivity contribution in [3.8, 4) is 0 Å². The molecule has 0 atom stereocenters. The van der Waals surface area contributed by atoms with Crippen LogP contribution in [0.4, 0.5) is 10.1 Å². The van der Waals surface area contributed by atoms with Gasteiger partial charge in [-0.3, -0.25) is 4.99 Å². The molecule has 8 heteroatoms. The number of nitrogens with one attached hydrogen (secondary N) is 1. The van der Waals surface area contributed by atoms with Gasteiger partial charge in [-0.05, 0) is 24.3 Å². The molecule has 6 nitrogen and oxygen atoms in total. The van der Waals surface area contributed by atoms with Crippen LogP contribution in [0.3, 0.4) is 0 Å². The van der Waals surface area contributed by atoms with Gasteiger partial charge in [-0.1, -0.05) is 24.3 Å². The van der Waals surface area contributed by atoms with Crippen molar-refractivity contribution in [2.24, 2.45) is 12.0 Å². The van der Waals surface area contributed by atoms with E-state index in [9.17, 15) is 4.39 Å². The summed E-state index contributed by atoms with van der Waals surface area (Å²) in [4.78, 5) is 13.4. The molecule has 0 bridgehead atoms. The zero-order valence-electron chi connectivity index (χ0n) is 16.7. The zero-order valence-corrected chi connectivity index (χ0v) is 19.0. The first-order valence-electron chi connectivity index (χ1n) is 9.53. The molecule has 0 unspecified atom stereocenters. The number of para-hydroxylation sites is 3. The third-order valence-electron chi connectivity index (χ3n) is 5.27. The van der Waals surface area contributed by atoms with Crippen LogP contribution in [-0.4, -0.2) is 53.6 Å². The predicted molar refractivity (Wildman–Crippen MR) is 127 cm³/mol. The number of fused-ring (bicyclic) bond motifs is 1. The van der Waals surface area contributed by atoms with Crippen molar-refractivity contribution < 1.29 is 4.39 Å². The summed E-state index contributed by atoms with van der Waals surface area (Å²) in [5, 5.41) is 3.42. The normalized spacial score (nSPS) is 14.8. The lowest BCUT2D eigenvalue weighted by Gasteiger charge is -2.37. The molecule has 0 spiro atoms. The molecule has 1 N–H and O–H groups in total. The average Bonchev–Trinajstić information content (AvgIpc) is 3.05. The van der Waals surface area contributed by atoms with Crippen molar-refractivity contribution in [2.45, 2.75) is 6.54 Å². The van der Waals surface area contributed by atoms with Gasteiger partial charge in [0.05, 0.1) is 23.3 Å². The lowest BCUT2D eigenvalue weighted by atomic mass is 10.2. The van der Waals surface area contributed by atoms with Gasteiger partial charge in [0, 0.05) is 40.3 Å². The van der Waals surface area contributed by atoms with Crippen molar-refractivity contribution in [1.29, 1.82) is 0 Å². The molecule has 0 amide bonds. The summed E-state index contributed by atoms with van der Waals surface area (Å²) in [5.74, 6) is 1.65. The van der Waals surface area contributed by atoms with Crippen LogP contribution >= 0.6 is 24.0 Å². The molecule has 154 valence electrons. The molecule has 4 rings (SSSR count). The molecule has 3 aromatic rings. The van der Waals surface area contributed by atoms with Gasteiger partial charge in [0.25, 0.3) is 0 Å². The second-order valence-corrected chi connectivity index (χ2v) is 6.90. The monoisotopic (exact) mass is 508 g/mol. The fourth-order valence-corrected chi connectivity index (χ4v) is 3.71. The molecule has 1 aliphatic rings. The van der Waals surface area contributed by atoms with Crippen LogP contribution in [0.1, 0.15) is 5.82 Å². The Morgan fingerprint density at radius 1 is 1.07 bits per heavy atom. The van der Waals surface area contributed by atoms with Gasteiger partial charge in [0.15, 0.2) is 5.96 Å². The predicted octanol–water partition coefficient (Wildman–Crippen LogP) is 3.23. The molecule has 1 aromatic heterocycles. The third-order valence-corrected chi connectivity index (χ3v) is 5.27. The standard InChI is InChI=1S/C21H25FN6.HI/c1-23-21(24-15-20-25-17-8-4-6-10-19(17)26(20)2)28-13-11-27(12-14-28)18-9-5-3-7-16(18)22;/h3-10H,11-15H2,1-2H3,(H,23,24);1H. The minimum atomic E-state index is -0.166. The number of rotatable bonds is 3. The van der Waals surface area contributed by atoms with E-state index in [-0.39, 0.29) is 29.8 Å². The third kappa shape index (κ3) is 4.47. The van der Waals surface area contributed by atoms with Crippen molar-refractivity contribution in [3.05, 3.63) is 60.2 Å². The van der Waals surface area contributed by atoms with E-state index in [0.717, 1.165) is 49.0 Å². The molecule has 1 fully saturated rings. The van der Waals surface area contributed by atoms with E-state index >= 15 is 0 Å². The van der Waals surface area contributed by atoms with E-state index in [1.807, 2.05) is 37.4 Å². The van der Waals surface area contributed by atoms with E-state index in [0.29, 0.717) is 12.2 Å². The quantitative estimate of drug-likeness (QED) is 0.336. The SMILES string of the molecule is CN=C(NCc1nc2ccccc2n1C)N1CCN(c2ccccc2F)CC1.I. The van der Waals surface area contributed by atoms with E-state index in [1.54, 1.807) is 13.1 Å². The van der Waals surface area contributed by atoms with Gasteiger partial charge in [-0.15, -0.1) is 24.0 Å². The minimum Gasteiger partial charge on any atom is -0.366 e. The summed E-state index contributed by atoms with van der Waals surface area (Å²) in [7, 11) is 3.82. The summed E-state index contributed by atoms with van der Waals surface area (Å²) in [6, 6.07) is 15.1. The molecule has 0 saturated carbocycles. The van der Waals surface area contributed by atoms with Crippen molar-refractivity contribution in [3.63, 3.8) is 0 Å². The van der Waals surface area contributed by atoms with Crippen LogP contribution in [0.2, 0.25) is 0 Å². The summed E-state index contributed by atoms with van der Waals surface area (Å²) >= 11 is 0. The van der Waals surface area contributed by atoms with Crippen LogP contribution in [0.15, 0.2) is 53.5 Å². The van der Waals surface area contributed by atoms with Gasteiger partial charge < -0.3 is 19.7 Å². The second kappa shape index (κ2) is 9.43. The second-order valence-electron chi connectivity index (χ2n) is 6.90. The number of piperazine rings is 1. The maximum absolute atomic E-state index is 14.0. The molecule has 29 heavy (non-hydrogen) atoms. The molecule has 2 heterocycles. The minimum absolute atomic E-state index is 0. The maximum Gasteiger partial charge on any atom is 0.194 e. The van der Waals surface area contributed by atoms with Crippen LogP contribution in [-0.2, 0) is 13.6 Å². The number of aromatic nitrogens is 2. The summed E-state index contributed by atoms with van der Waals surface area (Å²) in [5.41, 5.74) is 2.79. The number of halogens is 2. The van der Waals surface area contributed by atoms with E-state index in [1.165, 1.54) is 6.07 Å². The molecule has 0 aliphatic carbocycles. The summed E-state index contributed by atoms with van der Waals surface area (Å²) in [6.07, 6.45) is 0. The summed E-state index contributed by atoms with van der Waals surface area (Å²) < 4.78 is 16.1. The highest BCUT2D eigenvalue weighted by atomic mass is 127.